The summed E-state index contributed by atoms with van der Waals surface area (Å²) in [5.41, 5.74) is 0.328. The van der Waals surface area contributed by atoms with Crippen molar-refractivity contribution < 1.29 is 22.7 Å². The number of ether oxygens (including phenoxy) is 1. The van der Waals surface area contributed by atoms with Crippen molar-refractivity contribution in [2.24, 2.45) is 5.92 Å². The molecule has 0 atom stereocenters. The third-order valence-corrected chi connectivity index (χ3v) is 5.61. The van der Waals surface area contributed by atoms with Gasteiger partial charge in [0.15, 0.2) is 6.61 Å². The van der Waals surface area contributed by atoms with E-state index in [0.717, 1.165) is 12.8 Å². The highest BCUT2D eigenvalue weighted by Gasteiger charge is 2.22. The SMILES string of the molecule is CC1CCN(C(=O)COC(=O)CNS(=O)(=O)c2ccc(C#N)cc2)CC1. The molecule has 1 fully saturated rings. The van der Waals surface area contributed by atoms with Gasteiger partial charge in [0, 0.05) is 13.1 Å². The van der Waals surface area contributed by atoms with Gasteiger partial charge in [-0.2, -0.15) is 9.98 Å². The number of esters is 1. The molecule has 0 aliphatic carbocycles. The highest BCUT2D eigenvalue weighted by atomic mass is 32.2. The van der Waals surface area contributed by atoms with Gasteiger partial charge in [0.25, 0.3) is 5.91 Å². The van der Waals surface area contributed by atoms with Crippen LogP contribution in [0, 0.1) is 17.2 Å². The van der Waals surface area contributed by atoms with E-state index in [1.165, 1.54) is 24.3 Å². The van der Waals surface area contributed by atoms with Crippen molar-refractivity contribution in [1.82, 2.24) is 9.62 Å². The largest absolute Gasteiger partial charge is 0.455 e. The number of benzene rings is 1. The summed E-state index contributed by atoms with van der Waals surface area (Å²) in [6, 6.07) is 7.16. The van der Waals surface area contributed by atoms with Gasteiger partial charge in [-0.05, 0) is 43.0 Å². The molecule has 0 bridgehead atoms. The molecule has 140 valence electrons. The van der Waals surface area contributed by atoms with E-state index in [0.29, 0.717) is 24.6 Å². The Hall–Kier alpha value is -2.44. The summed E-state index contributed by atoms with van der Waals surface area (Å²) in [5, 5.41) is 8.71. The second-order valence-electron chi connectivity index (χ2n) is 6.18. The van der Waals surface area contributed by atoms with Crippen LogP contribution in [0.2, 0.25) is 0 Å². The first-order valence-electron chi connectivity index (χ1n) is 8.25. The average Bonchev–Trinajstić information content (AvgIpc) is 2.65. The third-order valence-electron chi connectivity index (χ3n) is 4.19. The topological polar surface area (TPSA) is 117 Å². The first kappa shape index (κ1) is 19.9. The molecule has 26 heavy (non-hydrogen) atoms. The van der Waals surface area contributed by atoms with Crippen molar-refractivity contribution in [1.29, 1.82) is 5.26 Å². The Morgan fingerprint density at radius 1 is 1.27 bits per heavy atom. The van der Waals surface area contributed by atoms with Gasteiger partial charge in [0.05, 0.1) is 16.5 Å². The van der Waals surface area contributed by atoms with Crippen molar-refractivity contribution in [3.8, 4) is 6.07 Å². The number of hydrogen-bond acceptors (Lipinski definition) is 6. The van der Waals surface area contributed by atoms with Crippen LogP contribution < -0.4 is 4.72 Å². The molecule has 1 heterocycles. The fraction of sp³-hybridized carbons (Fsp3) is 0.471. The monoisotopic (exact) mass is 379 g/mol. The second-order valence-corrected chi connectivity index (χ2v) is 7.95. The number of piperidine rings is 1. The number of nitriles is 1. The minimum absolute atomic E-state index is 0.0668. The van der Waals surface area contributed by atoms with Crippen LogP contribution in [0.15, 0.2) is 29.2 Å². The number of likely N-dealkylation sites (tertiary alicyclic amines) is 1. The van der Waals surface area contributed by atoms with E-state index in [-0.39, 0.29) is 10.8 Å². The number of rotatable bonds is 6. The Balaban J connectivity index is 1.78. The van der Waals surface area contributed by atoms with Crippen molar-refractivity contribution in [3.63, 3.8) is 0 Å². The van der Waals surface area contributed by atoms with Crippen molar-refractivity contribution in [2.45, 2.75) is 24.7 Å². The lowest BCUT2D eigenvalue weighted by Crippen LogP contribution is -2.41. The highest BCUT2D eigenvalue weighted by Crippen LogP contribution is 2.16. The lowest BCUT2D eigenvalue weighted by molar-refractivity contribution is -0.151. The van der Waals surface area contributed by atoms with Crippen molar-refractivity contribution in [3.05, 3.63) is 29.8 Å². The van der Waals surface area contributed by atoms with E-state index in [4.69, 9.17) is 10.00 Å². The van der Waals surface area contributed by atoms with Gasteiger partial charge in [-0.25, -0.2) is 8.42 Å². The molecular formula is C17H21N3O5S. The average molecular weight is 379 g/mol. The van der Waals surface area contributed by atoms with Gasteiger partial charge >= 0.3 is 5.97 Å². The maximum absolute atomic E-state index is 12.1. The van der Waals surface area contributed by atoms with Gasteiger partial charge in [-0.1, -0.05) is 6.92 Å². The molecule has 1 saturated heterocycles. The molecule has 1 amide bonds. The standard InChI is InChI=1S/C17H21N3O5S/c1-13-6-8-20(9-7-13)16(21)12-25-17(22)11-19-26(23,24)15-4-2-14(10-18)3-5-15/h2-5,13,19H,6-9,11-12H2,1H3. The Morgan fingerprint density at radius 3 is 2.46 bits per heavy atom. The van der Waals surface area contributed by atoms with E-state index in [1.807, 2.05) is 6.07 Å². The van der Waals surface area contributed by atoms with Gasteiger partial charge in [0.2, 0.25) is 10.0 Å². The van der Waals surface area contributed by atoms with Crippen molar-refractivity contribution >= 4 is 21.9 Å². The molecule has 9 heteroatoms. The van der Waals surface area contributed by atoms with Gasteiger partial charge < -0.3 is 9.64 Å². The normalized spacial score (nSPS) is 15.3. The molecule has 0 unspecified atom stereocenters. The molecule has 0 aromatic heterocycles. The van der Waals surface area contributed by atoms with Crippen LogP contribution in [0.5, 0.6) is 0 Å². The molecule has 1 N–H and O–H groups in total. The van der Waals surface area contributed by atoms with E-state index in [9.17, 15) is 18.0 Å². The molecule has 1 aromatic rings. The van der Waals surface area contributed by atoms with E-state index in [1.54, 1.807) is 4.90 Å². The summed E-state index contributed by atoms with van der Waals surface area (Å²) in [6.07, 6.45) is 1.84. The lowest BCUT2D eigenvalue weighted by Gasteiger charge is -2.30. The number of nitrogens with zero attached hydrogens (tertiary/aromatic N) is 2. The van der Waals surface area contributed by atoms with Crippen LogP contribution in [0.1, 0.15) is 25.3 Å². The zero-order chi connectivity index (χ0) is 19.2. The number of carbonyl (C=O) groups excluding carboxylic acids is 2. The minimum Gasteiger partial charge on any atom is -0.455 e. The molecule has 0 radical (unpaired) electrons. The maximum Gasteiger partial charge on any atom is 0.321 e. The third kappa shape index (κ3) is 5.54. The summed E-state index contributed by atoms with van der Waals surface area (Å²) in [4.78, 5) is 25.3. The first-order chi connectivity index (χ1) is 12.3. The zero-order valence-corrected chi connectivity index (χ0v) is 15.3. The summed E-state index contributed by atoms with van der Waals surface area (Å²) in [6.45, 7) is 2.44. The van der Waals surface area contributed by atoms with Crippen LogP contribution in [0.4, 0.5) is 0 Å². The number of nitrogens with one attached hydrogen (secondary N) is 1. The summed E-state index contributed by atoms with van der Waals surface area (Å²) in [5.74, 6) is -0.528. The van der Waals surface area contributed by atoms with Gasteiger partial charge in [-0.15, -0.1) is 0 Å². The van der Waals surface area contributed by atoms with E-state index in [2.05, 4.69) is 11.6 Å². The smallest absolute Gasteiger partial charge is 0.321 e. The minimum atomic E-state index is -3.90. The van der Waals surface area contributed by atoms with Crippen LogP contribution >= 0.6 is 0 Å². The molecule has 0 spiro atoms. The predicted octanol–water partition coefficient (Wildman–Crippen LogP) is 0.638. The van der Waals surface area contributed by atoms with E-state index < -0.39 is 29.1 Å². The molecule has 2 rings (SSSR count). The molecule has 1 aliphatic rings. The quantitative estimate of drug-likeness (QED) is 0.725. The summed E-state index contributed by atoms with van der Waals surface area (Å²) >= 11 is 0. The summed E-state index contributed by atoms with van der Waals surface area (Å²) < 4.78 is 31.1. The highest BCUT2D eigenvalue weighted by molar-refractivity contribution is 7.89. The number of hydrogen-bond donors (Lipinski definition) is 1. The van der Waals surface area contributed by atoms with E-state index >= 15 is 0 Å². The lowest BCUT2D eigenvalue weighted by atomic mass is 9.99. The number of carbonyl (C=O) groups is 2. The summed E-state index contributed by atoms with van der Waals surface area (Å²) in [7, 11) is -3.90. The van der Waals surface area contributed by atoms with Crippen LogP contribution in [0.3, 0.4) is 0 Å². The number of sulfonamides is 1. The molecule has 0 saturated carbocycles. The fourth-order valence-electron chi connectivity index (χ4n) is 2.49. The maximum atomic E-state index is 12.1. The molecular weight excluding hydrogens is 358 g/mol. The number of amides is 1. The van der Waals surface area contributed by atoms with Gasteiger partial charge in [0.1, 0.15) is 6.54 Å². The Bertz CT molecular complexity index is 791. The first-order valence-corrected chi connectivity index (χ1v) is 9.73. The molecule has 1 aromatic carbocycles. The van der Waals surface area contributed by atoms with Crippen LogP contribution in [-0.2, 0) is 24.3 Å². The van der Waals surface area contributed by atoms with Gasteiger partial charge in [-0.3, -0.25) is 9.59 Å². The Labute approximate surface area is 152 Å². The second kappa shape index (κ2) is 8.78. The predicted molar refractivity (Wildman–Crippen MR) is 92.3 cm³/mol. The molecule has 8 nitrogen and oxygen atoms in total. The molecule has 1 aliphatic heterocycles. The Kier molecular flexibility index (Phi) is 6.71. The van der Waals surface area contributed by atoms with Crippen LogP contribution in [-0.4, -0.2) is 51.4 Å². The Morgan fingerprint density at radius 2 is 1.88 bits per heavy atom. The van der Waals surface area contributed by atoms with Crippen LogP contribution in [0.25, 0.3) is 0 Å². The zero-order valence-electron chi connectivity index (χ0n) is 14.5. The fourth-order valence-corrected chi connectivity index (χ4v) is 3.46. The van der Waals surface area contributed by atoms with Crippen molar-refractivity contribution in [2.75, 3.05) is 26.2 Å².